The van der Waals surface area contributed by atoms with Crippen LogP contribution in [0.15, 0.2) is 58.0 Å². The van der Waals surface area contributed by atoms with Gasteiger partial charge in [0.25, 0.3) is 10.0 Å². The second-order valence-electron chi connectivity index (χ2n) is 5.74. The number of sulfonamides is 1. The van der Waals surface area contributed by atoms with E-state index in [1.807, 2.05) is 0 Å². The molecule has 0 aliphatic rings. The molecule has 2 aromatic carbocycles. The number of hydrogen-bond acceptors (Lipinski definition) is 5. The summed E-state index contributed by atoms with van der Waals surface area (Å²) in [6, 6.07) is 10.7. The maximum absolute atomic E-state index is 13.8. The van der Waals surface area contributed by atoms with E-state index in [9.17, 15) is 12.8 Å². The van der Waals surface area contributed by atoms with Crippen LogP contribution in [0.1, 0.15) is 5.56 Å². The van der Waals surface area contributed by atoms with Gasteiger partial charge in [-0.1, -0.05) is 18.2 Å². The molecule has 1 aromatic heterocycles. The summed E-state index contributed by atoms with van der Waals surface area (Å²) in [5.41, 5.74) is 0.434. The van der Waals surface area contributed by atoms with Gasteiger partial charge in [0.1, 0.15) is 22.2 Å². The summed E-state index contributed by atoms with van der Waals surface area (Å²) < 4.78 is 53.9. The van der Waals surface area contributed by atoms with Crippen molar-refractivity contribution in [3.8, 4) is 11.5 Å². The largest absolute Gasteiger partial charge is 0.497 e. The lowest BCUT2D eigenvalue weighted by Crippen LogP contribution is -2.15. The smallest absolute Gasteiger partial charge is 0.266 e. The van der Waals surface area contributed by atoms with Gasteiger partial charge < -0.3 is 9.47 Å². The number of nitrogens with zero attached hydrogens (tertiary/aromatic N) is 2. The average Bonchev–Trinajstić information content (AvgIpc) is 3.01. The maximum Gasteiger partial charge on any atom is 0.266 e. The van der Waals surface area contributed by atoms with E-state index in [0.29, 0.717) is 15.8 Å². The summed E-state index contributed by atoms with van der Waals surface area (Å²) in [6.45, 7) is 0.152. The molecule has 0 radical (unpaired) electrons. The van der Waals surface area contributed by atoms with Gasteiger partial charge in [0.2, 0.25) is 0 Å². The predicted octanol–water partition coefficient (Wildman–Crippen LogP) is 3.65. The molecule has 7 nitrogen and oxygen atoms in total. The van der Waals surface area contributed by atoms with Crippen LogP contribution in [0.25, 0.3) is 0 Å². The summed E-state index contributed by atoms with van der Waals surface area (Å²) in [5, 5.41) is 4.19. The first-order valence-electron chi connectivity index (χ1n) is 8.05. The van der Waals surface area contributed by atoms with E-state index in [4.69, 9.17) is 9.47 Å². The first-order chi connectivity index (χ1) is 13.3. The van der Waals surface area contributed by atoms with Crippen LogP contribution in [0, 0.1) is 5.82 Å². The van der Waals surface area contributed by atoms with Crippen LogP contribution < -0.4 is 14.2 Å². The van der Waals surface area contributed by atoms with Crippen LogP contribution in [-0.4, -0.2) is 32.4 Å². The normalized spacial score (nSPS) is 11.3. The number of nitrogens with one attached hydrogen (secondary N) is 1. The zero-order valence-corrected chi connectivity index (χ0v) is 17.4. The molecule has 0 saturated carbocycles. The van der Waals surface area contributed by atoms with Gasteiger partial charge in [0.15, 0.2) is 5.82 Å². The Labute approximate surface area is 170 Å². The second-order valence-corrected chi connectivity index (χ2v) is 8.24. The van der Waals surface area contributed by atoms with Gasteiger partial charge in [-0.3, -0.25) is 9.40 Å². The van der Waals surface area contributed by atoms with Crippen molar-refractivity contribution in [1.29, 1.82) is 0 Å². The maximum atomic E-state index is 13.8. The molecule has 0 aliphatic heterocycles. The van der Waals surface area contributed by atoms with Crippen molar-refractivity contribution in [2.45, 2.75) is 11.4 Å². The molecule has 1 N–H and O–H groups in total. The Morgan fingerprint density at radius 2 is 1.93 bits per heavy atom. The van der Waals surface area contributed by atoms with Crippen molar-refractivity contribution < 1.29 is 22.3 Å². The molecular weight excluding hydrogens is 453 g/mol. The van der Waals surface area contributed by atoms with Crippen molar-refractivity contribution in [3.05, 3.63) is 64.5 Å². The van der Waals surface area contributed by atoms with E-state index < -0.39 is 10.0 Å². The van der Waals surface area contributed by atoms with Gasteiger partial charge in [-0.15, -0.1) is 0 Å². The van der Waals surface area contributed by atoms with Crippen LogP contribution >= 0.6 is 15.9 Å². The van der Waals surface area contributed by atoms with E-state index in [0.717, 1.165) is 0 Å². The van der Waals surface area contributed by atoms with Crippen LogP contribution in [0.4, 0.5) is 10.2 Å². The molecule has 3 aromatic rings. The Morgan fingerprint density at radius 3 is 2.61 bits per heavy atom. The van der Waals surface area contributed by atoms with Gasteiger partial charge in [-0.2, -0.15) is 5.10 Å². The lowest BCUT2D eigenvalue weighted by Gasteiger charge is -2.11. The minimum Gasteiger partial charge on any atom is -0.497 e. The minimum absolute atomic E-state index is 0.0636. The van der Waals surface area contributed by atoms with Crippen LogP contribution in [-0.2, 0) is 16.6 Å². The summed E-state index contributed by atoms with van der Waals surface area (Å²) >= 11 is 3.28. The molecule has 28 heavy (non-hydrogen) atoms. The monoisotopic (exact) mass is 469 g/mol. The van der Waals surface area contributed by atoms with Crippen LogP contribution in [0.3, 0.4) is 0 Å². The lowest BCUT2D eigenvalue weighted by atomic mass is 10.2. The van der Waals surface area contributed by atoms with E-state index in [-0.39, 0.29) is 28.8 Å². The summed E-state index contributed by atoms with van der Waals surface area (Å²) in [4.78, 5) is -0.0636. The molecular formula is C18H17BrFN3O4S. The number of anilines is 1. The predicted molar refractivity (Wildman–Crippen MR) is 106 cm³/mol. The molecule has 0 spiro atoms. The highest BCUT2D eigenvalue weighted by Gasteiger charge is 2.23. The van der Waals surface area contributed by atoms with Gasteiger partial charge in [0, 0.05) is 17.8 Å². The van der Waals surface area contributed by atoms with Gasteiger partial charge in [0.05, 0.1) is 25.2 Å². The quantitative estimate of drug-likeness (QED) is 0.570. The zero-order chi connectivity index (χ0) is 20.3. The second kappa shape index (κ2) is 8.19. The number of methoxy groups -OCH3 is 2. The van der Waals surface area contributed by atoms with Crippen LogP contribution in [0.2, 0.25) is 0 Å². The molecule has 3 rings (SSSR count). The first-order valence-corrected chi connectivity index (χ1v) is 10.3. The topological polar surface area (TPSA) is 82.5 Å². The molecule has 0 bridgehead atoms. The lowest BCUT2D eigenvalue weighted by molar-refractivity contribution is 0.386. The van der Waals surface area contributed by atoms with E-state index in [1.54, 1.807) is 24.4 Å². The van der Waals surface area contributed by atoms with Crippen molar-refractivity contribution in [2.75, 3.05) is 18.9 Å². The molecule has 1 heterocycles. The highest BCUT2D eigenvalue weighted by Crippen LogP contribution is 2.31. The Balaban J connectivity index is 1.87. The summed E-state index contributed by atoms with van der Waals surface area (Å²) in [7, 11) is -1.14. The number of benzene rings is 2. The van der Waals surface area contributed by atoms with Crippen molar-refractivity contribution in [2.24, 2.45) is 0 Å². The van der Waals surface area contributed by atoms with Gasteiger partial charge in [-0.25, -0.2) is 12.8 Å². The average molecular weight is 470 g/mol. The standard InChI is InChI=1S/C18H17BrFN3O4S/c1-26-13-7-8-17(16(9-13)27-2)28(24,25)22-18-14(19)11-23(21-18)10-12-5-3-4-6-15(12)20/h3-9,11H,10H2,1-2H3,(H,21,22). The number of ether oxygens (including phenoxy) is 2. The number of halogens is 2. The fraction of sp³-hybridized carbons (Fsp3) is 0.167. The molecule has 0 unspecified atom stereocenters. The summed E-state index contributed by atoms with van der Waals surface area (Å²) in [5.74, 6) is 0.313. The molecule has 0 amide bonds. The molecule has 0 atom stereocenters. The highest BCUT2D eigenvalue weighted by molar-refractivity contribution is 9.10. The Hall–Kier alpha value is -2.59. The van der Waals surface area contributed by atoms with Crippen molar-refractivity contribution >= 4 is 31.8 Å². The fourth-order valence-electron chi connectivity index (χ4n) is 2.53. The summed E-state index contributed by atoms with van der Waals surface area (Å²) in [6.07, 6.45) is 1.57. The molecule has 148 valence electrons. The highest BCUT2D eigenvalue weighted by atomic mass is 79.9. The number of hydrogen-bond donors (Lipinski definition) is 1. The van der Waals surface area contributed by atoms with Crippen LogP contribution in [0.5, 0.6) is 11.5 Å². The molecule has 0 saturated heterocycles. The molecule has 0 aliphatic carbocycles. The van der Waals surface area contributed by atoms with Crippen molar-refractivity contribution in [1.82, 2.24) is 9.78 Å². The Morgan fingerprint density at radius 1 is 1.18 bits per heavy atom. The van der Waals surface area contributed by atoms with Gasteiger partial charge in [-0.05, 0) is 34.1 Å². The third kappa shape index (κ3) is 4.28. The van der Waals surface area contributed by atoms with Crippen molar-refractivity contribution in [3.63, 3.8) is 0 Å². The van der Waals surface area contributed by atoms with E-state index >= 15 is 0 Å². The van der Waals surface area contributed by atoms with E-state index in [2.05, 4.69) is 25.8 Å². The Bertz CT molecular complexity index is 1100. The zero-order valence-electron chi connectivity index (χ0n) is 15.0. The number of rotatable bonds is 7. The Kier molecular flexibility index (Phi) is 5.90. The third-order valence-corrected chi connectivity index (χ3v) is 5.86. The molecule has 10 heteroatoms. The SMILES string of the molecule is COc1ccc(S(=O)(=O)Nc2nn(Cc3ccccc3F)cc2Br)c(OC)c1. The fourth-order valence-corrected chi connectivity index (χ4v) is 4.24. The first kappa shape index (κ1) is 20.2. The minimum atomic E-state index is -3.98. The molecule has 0 fully saturated rings. The third-order valence-electron chi connectivity index (χ3n) is 3.90. The van der Waals surface area contributed by atoms with Gasteiger partial charge >= 0.3 is 0 Å². The number of aromatic nitrogens is 2. The van der Waals surface area contributed by atoms with E-state index in [1.165, 1.54) is 43.2 Å².